The summed E-state index contributed by atoms with van der Waals surface area (Å²) in [7, 11) is 4.17. The van der Waals surface area contributed by atoms with Crippen LogP contribution in [0.5, 0.6) is 0 Å². The van der Waals surface area contributed by atoms with E-state index in [1.165, 1.54) is 0 Å². The summed E-state index contributed by atoms with van der Waals surface area (Å²) in [6, 6.07) is 5.42. The maximum Gasteiger partial charge on any atom is 0.252 e. The standard InChI is InChI=1S/C14H21ClN4O/c1-18-6-7-19(2)10(9-18)8-17-14(20)11-4-3-5-12(16)13(11)15/h3-5,10H,6-9,16H2,1-2H3,(H,17,20). The summed E-state index contributed by atoms with van der Waals surface area (Å²) >= 11 is 6.06. The Bertz CT molecular complexity index is 494. The number of nitrogen functional groups attached to an aromatic ring is 1. The van der Waals surface area contributed by atoms with Gasteiger partial charge in [0.2, 0.25) is 0 Å². The van der Waals surface area contributed by atoms with Crippen molar-refractivity contribution < 1.29 is 4.79 Å². The quantitative estimate of drug-likeness (QED) is 0.814. The second-order valence-corrected chi connectivity index (χ2v) is 5.69. The van der Waals surface area contributed by atoms with Gasteiger partial charge in [0.15, 0.2) is 0 Å². The minimum atomic E-state index is -0.177. The number of nitrogens with one attached hydrogen (secondary N) is 1. The number of carbonyl (C=O) groups excluding carboxylic acids is 1. The molecule has 1 heterocycles. The molecular formula is C14H21ClN4O. The van der Waals surface area contributed by atoms with Crippen LogP contribution in [0.15, 0.2) is 18.2 Å². The number of hydrogen-bond acceptors (Lipinski definition) is 4. The Balaban J connectivity index is 1.96. The summed E-state index contributed by atoms with van der Waals surface area (Å²) < 4.78 is 0. The first-order chi connectivity index (χ1) is 9.49. The number of nitrogens with two attached hydrogens (primary N) is 1. The van der Waals surface area contributed by atoms with Gasteiger partial charge in [0.1, 0.15) is 0 Å². The minimum absolute atomic E-state index is 0.177. The lowest BCUT2D eigenvalue weighted by Crippen LogP contribution is -2.54. The fourth-order valence-electron chi connectivity index (χ4n) is 2.35. The lowest BCUT2D eigenvalue weighted by molar-refractivity contribution is 0.0881. The van der Waals surface area contributed by atoms with Crippen molar-refractivity contribution in [3.05, 3.63) is 28.8 Å². The molecule has 0 aromatic heterocycles. The highest BCUT2D eigenvalue weighted by atomic mass is 35.5. The van der Waals surface area contributed by atoms with Crippen molar-refractivity contribution in [2.75, 3.05) is 46.0 Å². The van der Waals surface area contributed by atoms with Gasteiger partial charge in [-0.15, -0.1) is 0 Å². The molecule has 5 nitrogen and oxygen atoms in total. The van der Waals surface area contributed by atoms with Crippen LogP contribution in [0.25, 0.3) is 0 Å². The van der Waals surface area contributed by atoms with Gasteiger partial charge in [0.05, 0.1) is 16.3 Å². The van der Waals surface area contributed by atoms with Crippen molar-refractivity contribution in [1.82, 2.24) is 15.1 Å². The number of benzene rings is 1. The average Bonchev–Trinajstić information content (AvgIpc) is 2.42. The third kappa shape index (κ3) is 3.42. The van der Waals surface area contributed by atoms with Crippen LogP contribution in [0.3, 0.4) is 0 Å². The van der Waals surface area contributed by atoms with E-state index in [0.29, 0.717) is 28.9 Å². The minimum Gasteiger partial charge on any atom is -0.398 e. The molecule has 1 aliphatic rings. The third-order valence-electron chi connectivity index (χ3n) is 3.75. The van der Waals surface area contributed by atoms with Gasteiger partial charge in [-0.3, -0.25) is 9.69 Å². The van der Waals surface area contributed by atoms with Crippen molar-refractivity contribution in [3.63, 3.8) is 0 Å². The Labute approximate surface area is 124 Å². The number of rotatable bonds is 3. The molecule has 1 amide bonds. The summed E-state index contributed by atoms with van der Waals surface area (Å²) in [4.78, 5) is 16.7. The summed E-state index contributed by atoms with van der Waals surface area (Å²) in [6.45, 7) is 3.62. The summed E-state index contributed by atoms with van der Waals surface area (Å²) in [5.41, 5.74) is 6.56. The van der Waals surface area contributed by atoms with Crippen molar-refractivity contribution >= 4 is 23.2 Å². The molecule has 0 radical (unpaired) electrons. The molecule has 1 aliphatic heterocycles. The highest BCUT2D eigenvalue weighted by Gasteiger charge is 2.23. The van der Waals surface area contributed by atoms with E-state index in [0.717, 1.165) is 19.6 Å². The average molecular weight is 297 g/mol. The lowest BCUT2D eigenvalue weighted by Gasteiger charge is -2.37. The Morgan fingerprint density at radius 1 is 1.45 bits per heavy atom. The monoisotopic (exact) mass is 296 g/mol. The fraction of sp³-hybridized carbons (Fsp3) is 0.500. The first-order valence-corrected chi connectivity index (χ1v) is 7.08. The molecule has 2 rings (SSSR count). The van der Waals surface area contributed by atoms with Crippen molar-refractivity contribution in [1.29, 1.82) is 0 Å². The molecule has 0 spiro atoms. The molecule has 6 heteroatoms. The summed E-state index contributed by atoms with van der Waals surface area (Å²) in [5, 5.41) is 3.26. The fourth-order valence-corrected chi connectivity index (χ4v) is 2.56. The van der Waals surface area contributed by atoms with E-state index in [9.17, 15) is 4.79 Å². The van der Waals surface area contributed by atoms with Gasteiger partial charge in [-0.05, 0) is 26.2 Å². The summed E-state index contributed by atoms with van der Waals surface area (Å²) in [5.74, 6) is -0.177. The maximum atomic E-state index is 12.2. The second kappa shape index (κ2) is 6.43. The maximum absolute atomic E-state index is 12.2. The normalized spacial score (nSPS) is 20.9. The highest BCUT2D eigenvalue weighted by Crippen LogP contribution is 2.22. The van der Waals surface area contributed by atoms with Crippen LogP contribution in [0.1, 0.15) is 10.4 Å². The first-order valence-electron chi connectivity index (χ1n) is 6.70. The topological polar surface area (TPSA) is 61.6 Å². The van der Waals surface area contributed by atoms with E-state index in [-0.39, 0.29) is 5.91 Å². The molecule has 1 fully saturated rings. The zero-order valence-electron chi connectivity index (χ0n) is 11.9. The molecule has 0 saturated carbocycles. The van der Waals surface area contributed by atoms with Crippen LogP contribution >= 0.6 is 11.6 Å². The zero-order chi connectivity index (χ0) is 14.7. The van der Waals surface area contributed by atoms with E-state index >= 15 is 0 Å². The Morgan fingerprint density at radius 2 is 2.20 bits per heavy atom. The van der Waals surface area contributed by atoms with E-state index in [1.54, 1.807) is 18.2 Å². The van der Waals surface area contributed by atoms with Gasteiger partial charge in [0.25, 0.3) is 5.91 Å². The van der Waals surface area contributed by atoms with Crippen LogP contribution in [-0.2, 0) is 0 Å². The summed E-state index contributed by atoms with van der Waals surface area (Å²) in [6.07, 6.45) is 0. The smallest absolute Gasteiger partial charge is 0.252 e. The van der Waals surface area contributed by atoms with E-state index in [1.807, 2.05) is 0 Å². The van der Waals surface area contributed by atoms with Gasteiger partial charge in [0, 0.05) is 32.2 Å². The number of piperazine rings is 1. The number of hydrogen-bond donors (Lipinski definition) is 2. The van der Waals surface area contributed by atoms with Crippen LogP contribution in [0.2, 0.25) is 5.02 Å². The predicted molar refractivity (Wildman–Crippen MR) is 82.1 cm³/mol. The number of anilines is 1. The predicted octanol–water partition coefficient (Wildman–Crippen LogP) is 0.898. The molecule has 1 aromatic rings. The molecule has 1 saturated heterocycles. The zero-order valence-corrected chi connectivity index (χ0v) is 12.7. The van der Waals surface area contributed by atoms with Gasteiger partial charge in [-0.2, -0.15) is 0 Å². The molecule has 0 aliphatic carbocycles. The van der Waals surface area contributed by atoms with Crippen LogP contribution in [0.4, 0.5) is 5.69 Å². The van der Waals surface area contributed by atoms with Gasteiger partial charge in [-0.1, -0.05) is 17.7 Å². The van der Waals surface area contributed by atoms with Crippen molar-refractivity contribution in [3.8, 4) is 0 Å². The molecule has 1 aromatic carbocycles. The van der Waals surface area contributed by atoms with E-state index in [4.69, 9.17) is 17.3 Å². The Morgan fingerprint density at radius 3 is 2.95 bits per heavy atom. The SMILES string of the molecule is CN1CCN(C)C(CNC(=O)c2cccc(N)c2Cl)C1. The largest absolute Gasteiger partial charge is 0.398 e. The lowest BCUT2D eigenvalue weighted by atomic mass is 10.1. The van der Waals surface area contributed by atoms with Crippen molar-refractivity contribution in [2.24, 2.45) is 0 Å². The Kier molecular flexibility index (Phi) is 4.86. The number of carbonyl (C=O) groups is 1. The molecular weight excluding hydrogens is 276 g/mol. The van der Waals surface area contributed by atoms with E-state index < -0.39 is 0 Å². The molecule has 110 valence electrons. The number of amides is 1. The molecule has 0 bridgehead atoms. The van der Waals surface area contributed by atoms with Crippen LogP contribution in [-0.4, -0.2) is 62.0 Å². The molecule has 3 N–H and O–H groups in total. The van der Waals surface area contributed by atoms with E-state index in [2.05, 4.69) is 29.2 Å². The van der Waals surface area contributed by atoms with Crippen molar-refractivity contribution in [2.45, 2.75) is 6.04 Å². The Hall–Kier alpha value is -1.30. The third-order valence-corrected chi connectivity index (χ3v) is 4.17. The van der Waals surface area contributed by atoms with Crippen LogP contribution < -0.4 is 11.1 Å². The highest BCUT2D eigenvalue weighted by molar-refractivity contribution is 6.36. The number of nitrogens with zero attached hydrogens (tertiary/aromatic N) is 2. The second-order valence-electron chi connectivity index (χ2n) is 5.32. The van der Waals surface area contributed by atoms with Crippen LogP contribution in [0, 0.1) is 0 Å². The molecule has 1 atom stereocenters. The number of likely N-dealkylation sites (N-methyl/N-ethyl adjacent to an activating group) is 2. The number of halogens is 1. The molecule has 1 unspecified atom stereocenters. The van der Waals surface area contributed by atoms with Gasteiger partial charge < -0.3 is 16.0 Å². The van der Waals surface area contributed by atoms with Gasteiger partial charge in [-0.25, -0.2) is 0 Å². The molecule has 20 heavy (non-hydrogen) atoms. The first kappa shape index (κ1) is 15.1. The van der Waals surface area contributed by atoms with Gasteiger partial charge >= 0.3 is 0 Å².